The molecule has 0 aliphatic carbocycles. The van der Waals surface area contributed by atoms with Gasteiger partial charge in [0.1, 0.15) is 0 Å². The number of nitrogens with one attached hydrogen (secondary N) is 1. The highest BCUT2D eigenvalue weighted by atomic mass is 32.1. The average molecular weight is 250 g/mol. The predicted octanol–water partition coefficient (Wildman–Crippen LogP) is 3.26. The first-order valence-electron chi connectivity index (χ1n) is 5.02. The number of hydrogen-bond acceptors (Lipinski definition) is 3. The van der Waals surface area contributed by atoms with Gasteiger partial charge < -0.3 is 9.72 Å². The summed E-state index contributed by atoms with van der Waals surface area (Å²) in [5, 5.41) is 0. The maximum absolute atomic E-state index is 14.0. The normalized spacial score (nSPS) is 10.3. The summed E-state index contributed by atoms with van der Waals surface area (Å²) >= 11 is 4.97. The van der Waals surface area contributed by atoms with E-state index in [1.54, 1.807) is 24.3 Å². The quantitative estimate of drug-likeness (QED) is 0.831. The second-order valence-corrected chi connectivity index (χ2v) is 3.96. The Balaban J connectivity index is 2.64. The standard InChI is InChI=1S/C12H11FN2OS/c1-7-6-9(15-12(17)14-7)8-4-3-5-10(16-2)11(8)13/h3-6H,1-2H3,(H,14,15,17). The fourth-order valence-corrected chi connectivity index (χ4v) is 1.84. The summed E-state index contributed by atoms with van der Waals surface area (Å²) < 4.78 is 19.3. The molecule has 0 amide bonds. The first kappa shape index (κ1) is 11.7. The second-order valence-electron chi connectivity index (χ2n) is 3.58. The summed E-state index contributed by atoms with van der Waals surface area (Å²) in [4.78, 5) is 6.98. The smallest absolute Gasteiger partial charge is 0.197 e. The van der Waals surface area contributed by atoms with Crippen LogP contribution in [0.1, 0.15) is 5.69 Å². The molecule has 1 aromatic heterocycles. The van der Waals surface area contributed by atoms with Crippen LogP contribution in [0.5, 0.6) is 5.75 Å². The van der Waals surface area contributed by atoms with Crippen LogP contribution < -0.4 is 4.74 Å². The molecular weight excluding hydrogens is 239 g/mol. The lowest BCUT2D eigenvalue weighted by Crippen LogP contribution is -1.95. The van der Waals surface area contributed by atoms with Crippen LogP contribution in [0.4, 0.5) is 4.39 Å². The highest BCUT2D eigenvalue weighted by Gasteiger charge is 2.11. The fourth-order valence-electron chi connectivity index (χ4n) is 1.58. The Kier molecular flexibility index (Phi) is 3.19. The lowest BCUT2D eigenvalue weighted by molar-refractivity contribution is 0.387. The molecule has 0 atom stereocenters. The molecule has 2 rings (SSSR count). The molecule has 17 heavy (non-hydrogen) atoms. The molecule has 0 spiro atoms. The van der Waals surface area contributed by atoms with Crippen LogP contribution in [0.2, 0.25) is 0 Å². The Morgan fingerprint density at radius 2 is 2.18 bits per heavy atom. The molecule has 0 saturated carbocycles. The minimum atomic E-state index is -0.428. The van der Waals surface area contributed by atoms with Crippen molar-refractivity contribution in [2.24, 2.45) is 0 Å². The zero-order valence-electron chi connectivity index (χ0n) is 9.45. The molecule has 1 N–H and O–H groups in total. The van der Waals surface area contributed by atoms with E-state index in [0.29, 0.717) is 16.0 Å². The first-order valence-corrected chi connectivity index (χ1v) is 5.43. The summed E-state index contributed by atoms with van der Waals surface area (Å²) in [7, 11) is 1.43. The van der Waals surface area contributed by atoms with Gasteiger partial charge in [-0.05, 0) is 37.3 Å². The Hall–Kier alpha value is -1.75. The summed E-state index contributed by atoms with van der Waals surface area (Å²) in [5.74, 6) is -0.233. The van der Waals surface area contributed by atoms with E-state index in [1.807, 2.05) is 6.92 Å². The van der Waals surface area contributed by atoms with Crippen LogP contribution in [-0.2, 0) is 0 Å². The maximum Gasteiger partial charge on any atom is 0.197 e. The number of methoxy groups -OCH3 is 1. The minimum absolute atomic E-state index is 0.195. The van der Waals surface area contributed by atoms with Crippen molar-refractivity contribution in [3.8, 4) is 17.0 Å². The predicted molar refractivity (Wildman–Crippen MR) is 66.1 cm³/mol. The monoisotopic (exact) mass is 250 g/mol. The van der Waals surface area contributed by atoms with Crippen LogP contribution >= 0.6 is 12.2 Å². The number of benzene rings is 1. The van der Waals surface area contributed by atoms with Gasteiger partial charge in [-0.2, -0.15) is 0 Å². The van der Waals surface area contributed by atoms with Gasteiger partial charge in [0.25, 0.3) is 0 Å². The van der Waals surface area contributed by atoms with Gasteiger partial charge in [0.2, 0.25) is 0 Å². The molecule has 0 bridgehead atoms. The molecule has 0 radical (unpaired) electrons. The number of hydrogen-bond donors (Lipinski definition) is 1. The molecule has 0 unspecified atom stereocenters. The molecule has 0 aliphatic heterocycles. The minimum Gasteiger partial charge on any atom is -0.494 e. The molecule has 1 aromatic carbocycles. The van der Waals surface area contributed by atoms with Crippen molar-refractivity contribution >= 4 is 12.2 Å². The second kappa shape index (κ2) is 4.63. The van der Waals surface area contributed by atoms with E-state index in [-0.39, 0.29) is 5.75 Å². The van der Waals surface area contributed by atoms with Crippen molar-refractivity contribution in [3.05, 3.63) is 40.5 Å². The van der Waals surface area contributed by atoms with Crippen LogP contribution in [0.3, 0.4) is 0 Å². The summed E-state index contributed by atoms with van der Waals surface area (Å²) in [6.07, 6.45) is 0. The first-order chi connectivity index (χ1) is 8.11. The van der Waals surface area contributed by atoms with Crippen molar-refractivity contribution in [3.63, 3.8) is 0 Å². The van der Waals surface area contributed by atoms with E-state index >= 15 is 0 Å². The molecular formula is C12H11FN2OS. The summed E-state index contributed by atoms with van der Waals surface area (Å²) in [5.41, 5.74) is 1.72. The zero-order chi connectivity index (χ0) is 12.4. The van der Waals surface area contributed by atoms with E-state index in [9.17, 15) is 4.39 Å². The number of aromatic nitrogens is 2. The lowest BCUT2D eigenvalue weighted by atomic mass is 10.1. The SMILES string of the molecule is COc1cccc(-c2cc(C)[nH]c(=S)n2)c1F. The van der Waals surface area contributed by atoms with Gasteiger partial charge in [-0.1, -0.05) is 6.07 Å². The largest absolute Gasteiger partial charge is 0.494 e. The van der Waals surface area contributed by atoms with Gasteiger partial charge in [-0.3, -0.25) is 0 Å². The highest BCUT2D eigenvalue weighted by Crippen LogP contribution is 2.27. The highest BCUT2D eigenvalue weighted by molar-refractivity contribution is 7.71. The fraction of sp³-hybridized carbons (Fsp3) is 0.167. The van der Waals surface area contributed by atoms with Crippen molar-refractivity contribution in [1.82, 2.24) is 9.97 Å². The van der Waals surface area contributed by atoms with Crippen LogP contribution in [-0.4, -0.2) is 17.1 Å². The number of ether oxygens (including phenoxy) is 1. The third-order valence-corrected chi connectivity index (χ3v) is 2.53. The zero-order valence-corrected chi connectivity index (χ0v) is 10.3. The van der Waals surface area contributed by atoms with E-state index in [4.69, 9.17) is 17.0 Å². The Labute approximate surface area is 103 Å². The number of halogens is 1. The van der Waals surface area contributed by atoms with Crippen molar-refractivity contribution in [2.45, 2.75) is 6.92 Å². The van der Waals surface area contributed by atoms with Gasteiger partial charge >= 0.3 is 0 Å². The molecule has 1 heterocycles. The number of nitrogens with zero attached hydrogens (tertiary/aromatic N) is 1. The molecule has 0 saturated heterocycles. The summed E-state index contributed by atoms with van der Waals surface area (Å²) in [6, 6.07) is 6.67. The topological polar surface area (TPSA) is 37.9 Å². The maximum atomic E-state index is 14.0. The third-order valence-electron chi connectivity index (χ3n) is 2.34. The molecule has 88 valence electrons. The van der Waals surface area contributed by atoms with E-state index in [1.165, 1.54) is 7.11 Å². The number of rotatable bonds is 2. The van der Waals surface area contributed by atoms with Crippen molar-refractivity contribution < 1.29 is 9.13 Å². The van der Waals surface area contributed by atoms with Crippen LogP contribution in [0.15, 0.2) is 24.3 Å². The number of H-pyrrole nitrogens is 1. The van der Waals surface area contributed by atoms with Crippen molar-refractivity contribution in [2.75, 3.05) is 7.11 Å². The Bertz CT molecular complexity index is 610. The molecule has 3 nitrogen and oxygen atoms in total. The van der Waals surface area contributed by atoms with Gasteiger partial charge in [0, 0.05) is 11.3 Å². The Morgan fingerprint density at radius 3 is 2.82 bits per heavy atom. The lowest BCUT2D eigenvalue weighted by Gasteiger charge is -2.07. The average Bonchev–Trinajstić information content (AvgIpc) is 2.28. The van der Waals surface area contributed by atoms with Crippen LogP contribution in [0.25, 0.3) is 11.3 Å². The molecule has 2 aromatic rings. The van der Waals surface area contributed by atoms with E-state index in [0.717, 1.165) is 5.69 Å². The molecule has 0 fully saturated rings. The number of aromatic amines is 1. The van der Waals surface area contributed by atoms with E-state index < -0.39 is 5.82 Å². The van der Waals surface area contributed by atoms with Gasteiger partial charge in [0.05, 0.1) is 12.8 Å². The Morgan fingerprint density at radius 1 is 1.41 bits per heavy atom. The van der Waals surface area contributed by atoms with E-state index in [2.05, 4.69) is 9.97 Å². The van der Waals surface area contributed by atoms with Gasteiger partial charge in [-0.15, -0.1) is 0 Å². The molecule has 0 aliphatic rings. The third kappa shape index (κ3) is 2.34. The van der Waals surface area contributed by atoms with Crippen LogP contribution in [0, 0.1) is 17.5 Å². The number of aryl methyl sites for hydroxylation is 1. The van der Waals surface area contributed by atoms with Gasteiger partial charge in [0.15, 0.2) is 16.3 Å². The summed E-state index contributed by atoms with van der Waals surface area (Å²) in [6.45, 7) is 1.85. The van der Waals surface area contributed by atoms with Crippen molar-refractivity contribution in [1.29, 1.82) is 0 Å². The molecule has 5 heteroatoms. The van der Waals surface area contributed by atoms with Gasteiger partial charge in [-0.25, -0.2) is 9.37 Å².